The number of ketones is 1. The summed E-state index contributed by atoms with van der Waals surface area (Å²) in [5, 5.41) is 0. The Kier molecular flexibility index (Phi) is 6.95. The molecule has 0 saturated carbocycles. The summed E-state index contributed by atoms with van der Waals surface area (Å²) in [5.41, 5.74) is 0. The van der Waals surface area contributed by atoms with E-state index in [1.54, 1.807) is 0 Å². The van der Waals surface area contributed by atoms with E-state index in [0.717, 1.165) is 0 Å². The van der Waals surface area contributed by atoms with Gasteiger partial charge < -0.3 is 4.74 Å². The monoisotopic (exact) mass is 196 g/mol. The highest BCUT2D eigenvalue weighted by Crippen LogP contribution is 1.94. The van der Waals surface area contributed by atoms with Gasteiger partial charge in [0.25, 0.3) is 0 Å². The fourth-order valence-electron chi connectivity index (χ4n) is 0.683. The van der Waals surface area contributed by atoms with Crippen molar-refractivity contribution in [3.63, 3.8) is 0 Å². The Morgan fingerprint density at radius 2 is 1.86 bits per heavy atom. The first-order valence-electron chi connectivity index (χ1n) is 4.09. The maximum Gasteiger partial charge on any atom is 0.305 e. The first kappa shape index (κ1) is 12.3. The third-order valence-corrected chi connectivity index (χ3v) is 1.39. The van der Waals surface area contributed by atoms with Gasteiger partial charge >= 0.3 is 5.97 Å². The minimum atomic E-state index is -0.407. The van der Waals surface area contributed by atoms with Crippen molar-refractivity contribution in [3.05, 3.63) is 24.3 Å². The van der Waals surface area contributed by atoms with Crippen molar-refractivity contribution < 1.29 is 19.1 Å². The molecule has 76 valence electrons. The Morgan fingerprint density at radius 1 is 1.14 bits per heavy atom. The molecule has 0 saturated heterocycles. The van der Waals surface area contributed by atoms with Gasteiger partial charge in [-0.3, -0.25) is 14.4 Å². The third kappa shape index (κ3) is 6.97. The number of rotatable bonds is 6. The molecular formula is C10H12O4. The van der Waals surface area contributed by atoms with Gasteiger partial charge in [0.2, 0.25) is 0 Å². The average Bonchev–Trinajstić information content (AvgIpc) is 2.21. The number of hydrogen-bond donors (Lipinski definition) is 0. The normalized spacial score (nSPS) is 10.6. The van der Waals surface area contributed by atoms with Crippen LogP contribution in [0, 0.1) is 0 Å². The Morgan fingerprint density at radius 3 is 2.43 bits per heavy atom. The number of hydrogen-bond acceptors (Lipinski definition) is 4. The fraction of sp³-hybridized carbons (Fsp3) is 0.300. The van der Waals surface area contributed by atoms with Crippen molar-refractivity contribution in [2.45, 2.75) is 12.8 Å². The largest absolute Gasteiger partial charge is 0.469 e. The van der Waals surface area contributed by atoms with Crippen LogP contribution >= 0.6 is 0 Å². The maximum atomic E-state index is 11.0. The summed E-state index contributed by atoms with van der Waals surface area (Å²) in [4.78, 5) is 31.5. The third-order valence-electron chi connectivity index (χ3n) is 1.39. The van der Waals surface area contributed by atoms with Gasteiger partial charge in [0.1, 0.15) is 6.29 Å². The first-order chi connectivity index (χ1) is 6.70. The molecule has 0 unspecified atom stereocenters. The molecule has 0 aromatic rings. The highest BCUT2D eigenvalue weighted by molar-refractivity contribution is 5.92. The van der Waals surface area contributed by atoms with E-state index in [9.17, 15) is 14.4 Å². The van der Waals surface area contributed by atoms with Crippen LogP contribution in [-0.2, 0) is 19.1 Å². The summed E-state index contributed by atoms with van der Waals surface area (Å²) >= 11 is 0. The van der Waals surface area contributed by atoms with E-state index < -0.39 is 5.97 Å². The lowest BCUT2D eigenvalue weighted by Crippen LogP contribution is -2.03. The highest BCUT2D eigenvalue weighted by atomic mass is 16.5. The molecule has 0 rings (SSSR count). The molecule has 0 atom stereocenters. The quantitative estimate of drug-likeness (QED) is 0.273. The van der Waals surface area contributed by atoms with E-state index in [2.05, 4.69) is 4.74 Å². The molecule has 0 N–H and O–H groups in total. The van der Waals surface area contributed by atoms with E-state index in [-0.39, 0.29) is 18.6 Å². The zero-order chi connectivity index (χ0) is 10.8. The van der Waals surface area contributed by atoms with Crippen molar-refractivity contribution in [1.29, 1.82) is 0 Å². The van der Waals surface area contributed by atoms with E-state index in [0.29, 0.717) is 6.29 Å². The lowest BCUT2D eigenvalue weighted by atomic mass is 10.2. The summed E-state index contributed by atoms with van der Waals surface area (Å²) in [5.74, 6) is -0.582. The highest BCUT2D eigenvalue weighted by Gasteiger charge is 2.02. The average molecular weight is 196 g/mol. The van der Waals surface area contributed by atoms with Gasteiger partial charge in [-0.25, -0.2) is 0 Å². The van der Waals surface area contributed by atoms with Gasteiger partial charge in [-0.15, -0.1) is 0 Å². The number of ether oxygens (including phenoxy) is 1. The predicted octanol–water partition coefficient (Wildman–Crippen LogP) is 0.820. The van der Waals surface area contributed by atoms with Gasteiger partial charge in [-0.1, -0.05) is 12.2 Å². The van der Waals surface area contributed by atoms with E-state index in [1.807, 2.05) is 0 Å². The molecule has 0 aliphatic heterocycles. The Balaban J connectivity index is 3.75. The Bertz CT molecular complexity index is 263. The molecule has 0 amide bonds. The minimum absolute atomic E-state index is 0.0804. The maximum absolute atomic E-state index is 11.0. The van der Waals surface area contributed by atoms with Crippen molar-refractivity contribution in [2.75, 3.05) is 7.11 Å². The van der Waals surface area contributed by atoms with Gasteiger partial charge in [0, 0.05) is 6.42 Å². The molecule has 4 heteroatoms. The molecule has 0 aromatic heterocycles. The Labute approximate surface area is 82.2 Å². The standard InChI is InChI=1S/C10H12O4/c1-14-10(13)7-6-9(12)5-3-2-4-8-11/h2-5,8H,6-7H2,1H3. The number of methoxy groups -OCH3 is 1. The molecule has 0 aromatic carbocycles. The van der Waals surface area contributed by atoms with E-state index in [1.165, 1.54) is 31.4 Å². The van der Waals surface area contributed by atoms with Gasteiger partial charge in [0.05, 0.1) is 13.5 Å². The van der Waals surface area contributed by atoms with Crippen LogP contribution in [0.15, 0.2) is 24.3 Å². The van der Waals surface area contributed by atoms with Gasteiger partial charge in [-0.2, -0.15) is 0 Å². The summed E-state index contributed by atoms with van der Waals surface area (Å²) in [6.45, 7) is 0. The van der Waals surface area contributed by atoms with E-state index in [4.69, 9.17) is 0 Å². The lowest BCUT2D eigenvalue weighted by molar-refractivity contribution is -0.141. The number of aldehydes is 1. The van der Waals surface area contributed by atoms with Gasteiger partial charge in [-0.05, 0) is 12.2 Å². The summed E-state index contributed by atoms with van der Waals surface area (Å²) in [6.07, 6.45) is 6.29. The van der Waals surface area contributed by atoms with Crippen LogP contribution in [0.4, 0.5) is 0 Å². The van der Waals surface area contributed by atoms with Crippen LogP contribution in [-0.4, -0.2) is 25.1 Å². The predicted molar refractivity (Wildman–Crippen MR) is 50.6 cm³/mol. The van der Waals surface area contributed by atoms with Crippen LogP contribution in [0.3, 0.4) is 0 Å². The van der Waals surface area contributed by atoms with Crippen LogP contribution in [0.5, 0.6) is 0 Å². The second kappa shape index (κ2) is 7.91. The molecule has 0 radical (unpaired) electrons. The molecule has 0 aliphatic rings. The summed E-state index contributed by atoms with van der Waals surface area (Å²) in [7, 11) is 1.27. The lowest BCUT2D eigenvalue weighted by Gasteiger charge is -1.94. The van der Waals surface area contributed by atoms with Crippen LogP contribution in [0.1, 0.15) is 12.8 Å². The topological polar surface area (TPSA) is 60.4 Å². The van der Waals surface area contributed by atoms with Crippen molar-refractivity contribution in [3.8, 4) is 0 Å². The van der Waals surface area contributed by atoms with Crippen molar-refractivity contribution >= 4 is 18.0 Å². The summed E-state index contributed by atoms with van der Waals surface area (Å²) < 4.78 is 4.37. The number of carbonyl (C=O) groups is 3. The second-order valence-electron chi connectivity index (χ2n) is 2.42. The minimum Gasteiger partial charge on any atom is -0.469 e. The SMILES string of the molecule is COC(=O)CCC(=O)C=CC=CC=O. The van der Waals surface area contributed by atoms with E-state index >= 15 is 0 Å². The Hall–Kier alpha value is -1.71. The molecule has 0 heterocycles. The van der Waals surface area contributed by atoms with Crippen molar-refractivity contribution in [2.24, 2.45) is 0 Å². The molecule has 4 nitrogen and oxygen atoms in total. The second-order valence-corrected chi connectivity index (χ2v) is 2.42. The zero-order valence-corrected chi connectivity index (χ0v) is 7.93. The number of esters is 1. The first-order valence-corrected chi connectivity index (χ1v) is 4.09. The smallest absolute Gasteiger partial charge is 0.305 e. The number of allylic oxidation sites excluding steroid dienone is 4. The molecule has 0 spiro atoms. The molecule has 14 heavy (non-hydrogen) atoms. The van der Waals surface area contributed by atoms with Crippen LogP contribution in [0.25, 0.3) is 0 Å². The molecular weight excluding hydrogens is 184 g/mol. The van der Waals surface area contributed by atoms with Crippen LogP contribution < -0.4 is 0 Å². The van der Waals surface area contributed by atoms with Crippen molar-refractivity contribution in [1.82, 2.24) is 0 Å². The van der Waals surface area contributed by atoms with Gasteiger partial charge in [0.15, 0.2) is 5.78 Å². The molecule has 0 fully saturated rings. The molecule has 0 aliphatic carbocycles. The summed E-state index contributed by atoms with van der Waals surface area (Å²) in [6, 6.07) is 0. The molecule has 0 bridgehead atoms. The zero-order valence-electron chi connectivity index (χ0n) is 7.93. The van der Waals surface area contributed by atoms with Crippen LogP contribution in [0.2, 0.25) is 0 Å². The number of carbonyl (C=O) groups excluding carboxylic acids is 3. The fourth-order valence-corrected chi connectivity index (χ4v) is 0.683.